The van der Waals surface area contributed by atoms with E-state index in [9.17, 15) is 9.59 Å². The highest BCUT2D eigenvalue weighted by Crippen LogP contribution is 2.32. The highest BCUT2D eigenvalue weighted by atomic mass is 16.5. The van der Waals surface area contributed by atoms with Crippen molar-refractivity contribution in [3.8, 4) is 22.9 Å². The Hall–Kier alpha value is -4.53. The molecule has 0 aliphatic carbocycles. The van der Waals surface area contributed by atoms with E-state index in [1.165, 1.54) is 0 Å². The number of nitrogens with zero attached hydrogens (tertiary/aromatic N) is 3. The Kier molecular flexibility index (Phi) is 9.84. The van der Waals surface area contributed by atoms with Crippen molar-refractivity contribution in [3.05, 3.63) is 82.9 Å². The van der Waals surface area contributed by atoms with Gasteiger partial charge in [0.1, 0.15) is 23.1 Å². The lowest BCUT2D eigenvalue weighted by molar-refractivity contribution is 0.179. The number of urea groups is 1. The van der Waals surface area contributed by atoms with E-state index in [2.05, 4.69) is 12.2 Å². The van der Waals surface area contributed by atoms with Crippen LogP contribution in [-0.4, -0.2) is 48.4 Å². The highest BCUT2D eigenvalue weighted by Gasteiger charge is 2.30. The van der Waals surface area contributed by atoms with Crippen molar-refractivity contribution >= 4 is 22.6 Å². The molecule has 0 saturated heterocycles. The molecule has 1 heterocycles. The first kappa shape index (κ1) is 29.5. The zero-order valence-corrected chi connectivity index (χ0v) is 24.3. The van der Waals surface area contributed by atoms with Crippen LogP contribution < -0.4 is 25.1 Å². The van der Waals surface area contributed by atoms with Crippen molar-refractivity contribution < 1.29 is 19.0 Å². The van der Waals surface area contributed by atoms with Gasteiger partial charge >= 0.3 is 6.03 Å². The number of methoxy groups -OCH3 is 3. The maximum absolute atomic E-state index is 14.0. The summed E-state index contributed by atoms with van der Waals surface area (Å²) in [4.78, 5) is 34.8. The molecule has 0 spiro atoms. The molecule has 9 heteroatoms. The minimum absolute atomic E-state index is 0.223. The van der Waals surface area contributed by atoms with Crippen LogP contribution in [0.2, 0.25) is 0 Å². The van der Waals surface area contributed by atoms with Crippen LogP contribution >= 0.6 is 0 Å². The zero-order chi connectivity index (χ0) is 29.4. The average molecular weight is 559 g/mol. The van der Waals surface area contributed by atoms with Crippen molar-refractivity contribution in [3.63, 3.8) is 0 Å². The SMILES string of the molecule is CCCCCN(C(=O)Nc1ccc(OC)cc1OC)C(CC)c1nc2ccccc2c(=O)n1-c1ccccc1OC. The Morgan fingerprint density at radius 1 is 0.927 bits per heavy atom. The summed E-state index contributed by atoms with van der Waals surface area (Å²) in [5.41, 5.74) is 1.43. The summed E-state index contributed by atoms with van der Waals surface area (Å²) in [7, 11) is 4.69. The van der Waals surface area contributed by atoms with Gasteiger partial charge in [0.05, 0.1) is 49.6 Å². The van der Waals surface area contributed by atoms with Gasteiger partial charge in [0.2, 0.25) is 0 Å². The van der Waals surface area contributed by atoms with E-state index in [1.54, 1.807) is 55.1 Å². The molecule has 0 saturated carbocycles. The van der Waals surface area contributed by atoms with Gasteiger partial charge in [0.25, 0.3) is 5.56 Å². The molecule has 0 bridgehead atoms. The molecular weight excluding hydrogens is 520 g/mol. The van der Waals surface area contributed by atoms with E-state index in [0.29, 0.717) is 58.3 Å². The van der Waals surface area contributed by atoms with Gasteiger partial charge in [0, 0.05) is 12.6 Å². The Morgan fingerprint density at radius 2 is 1.66 bits per heavy atom. The molecule has 41 heavy (non-hydrogen) atoms. The van der Waals surface area contributed by atoms with Gasteiger partial charge in [-0.05, 0) is 49.2 Å². The minimum atomic E-state index is -0.515. The second kappa shape index (κ2) is 13.7. The van der Waals surface area contributed by atoms with E-state index in [4.69, 9.17) is 19.2 Å². The highest BCUT2D eigenvalue weighted by molar-refractivity contribution is 5.91. The van der Waals surface area contributed by atoms with Crippen LogP contribution in [0.15, 0.2) is 71.5 Å². The van der Waals surface area contributed by atoms with Crippen LogP contribution in [0.5, 0.6) is 17.2 Å². The first-order chi connectivity index (χ1) is 20.0. The van der Waals surface area contributed by atoms with E-state index >= 15 is 0 Å². The average Bonchev–Trinajstić information content (AvgIpc) is 3.01. The summed E-state index contributed by atoms with van der Waals surface area (Å²) in [6.07, 6.45) is 3.28. The van der Waals surface area contributed by atoms with Crippen molar-refractivity contribution in [2.75, 3.05) is 33.2 Å². The summed E-state index contributed by atoms with van der Waals surface area (Å²) >= 11 is 0. The number of carbonyl (C=O) groups is 1. The number of amides is 2. The number of aromatic nitrogens is 2. The monoisotopic (exact) mass is 558 g/mol. The molecule has 4 aromatic rings. The largest absolute Gasteiger partial charge is 0.497 e. The lowest BCUT2D eigenvalue weighted by atomic mass is 10.1. The molecule has 1 unspecified atom stereocenters. The summed E-state index contributed by atoms with van der Waals surface area (Å²) in [6.45, 7) is 4.59. The predicted octanol–water partition coefficient (Wildman–Crippen LogP) is 6.59. The molecular formula is C32H38N4O5. The molecule has 3 aromatic carbocycles. The van der Waals surface area contributed by atoms with E-state index in [1.807, 2.05) is 49.4 Å². The molecule has 1 atom stereocenters. The number of nitrogens with one attached hydrogen (secondary N) is 1. The quantitative estimate of drug-likeness (QED) is 0.197. The van der Waals surface area contributed by atoms with Crippen LogP contribution in [0.3, 0.4) is 0 Å². The molecule has 4 rings (SSSR count). The van der Waals surface area contributed by atoms with Crippen molar-refractivity contribution in [1.29, 1.82) is 0 Å². The molecule has 2 amide bonds. The number of ether oxygens (including phenoxy) is 3. The molecule has 0 radical (unpaired) electrons. The number of rotatable bonds is 12. The Labute approximate surface area is 240 Å². The number of carbonyl (C=O) groups excluding carboxylic acids is 1. The number of anilines is 1. The van der Waals surface area contributed by atoms with Crippen molar-refractivity contribution in [2.45, 2.75) is 45.6 Å². The summed E-state index contributed by atoms with van der Waals surface area (Å²) in [5, 5.41) is 3.51. The lowest BCUT2D eigenvalue weighted by Crippen LogP contribution is -2.41. The maximum atomic E-state index is 14.0. The Morgan fingerprint density at radius 3 is 2.37 bits per heavy atom. The Balaban J connectivity index is 1.87. The molecule has 216 valence electrons. The topological polar surface area (TPSA) is 94.9 Å². The number of unbranched alkanes of at least 4 members (excludes halogenated alkanes) is 2. The van der Waals surface area contributed by atoms with E-state index in [0.717, 1.165) is 19.3 Å². The van der Waals surface area contributed by atoms with E-state index < -0.39 is 6.04 Å². The van der Waals surface area contributed by atoms with Gasteiger partial charge in [-0.15, -0.1) is 0 Å². The van der Waals surface area contributed by atoms with Gasteiger partial charge in [-0.2, -0.15) is 0 Å². The normalized spacial score (nSPS) is 11.6. The number of hydrogen-bond acceptors (Lipinski definition) is 6. The van der Waals surface area contributed by atoms with Crippen LogP contribution in [0.4, 0.5) is 10.5 Å². The van der Waals surface area contributed by atoms with Gasteiger partial charge in [-0.25, -0.2) is 9.78 Å². The second-order valence-corrected chi connectivity index (χ2v) is 9.62. The Bertz CT molecular complexity index is 1550. The molecule has 0 aliphatic rings. The summed E-state index contributed by atoms with van der Waals surface area (Å²) in [6, 6.07) is 19.0. The van der Waals surface area contributed by atoms with Crippen LogP contribution in [0.25, 0.3) is 16.6 Å². The second-order valence-electron chi connectivity index (χ2n) is 9.62. The van der Waals surface area contributed by atoms with E-state index in [-0.39, 0.29) is 11.6 Å². The van der Waals surface area contributed by atoms with Crippen LogP contribution in [0, 0.1) is 0 Å². The van der Waals surface area contributed by atoms with Crippen LogP contribution in [-0.2, 0) is 0 Å². The minimum Gasteiger partial charge on any atom is -0.497 e. The van der Waals surface area contributed by atoms with Crippen molar-refractivity contribution in [2.24, 2.45) is 0 Å². The predicted molar refractivity (Wildman–Crippen MR) is 162 cm³/mol. The first-order valence-electron chi connectivity index (χ1n) is 13.9. The summed E-state index contributed by atoms with van der Waals surface area (Å²) in [5.74, 6) is 2.10. The summed E-state index contributed by atoms with van der Waals surface area (Å²) < 4.78 is 18.1. The number of fused-ring (bicyclic) bond motifs is 1. The zero-order valence-electron chi connectivity index (χ0n) is 24.3. The van der Waals surface area contributed by atoms with Gasteiger partial charge < -0.3 is 24.4 Å². The van der Waals surface area contributed by atoms with Crippen molar-refractivity contribution in [1.82, 2.24) is 14.5 Å². The molecule has 1 N–H and O–H groups in total. The molecule has 1 aromatic heterocycles. The maximum Gasteiger partial charge on any atom is 0.322 e. The number of benzene rings is 3. The smallest absolute Gasteiger partial charge is 0.322 e. The third-order valence-electron chi connectivity index (χ3n) is 7.10. The standard InChI is InChI=1S/C32H38N4O5/c1-6-8-13-20-35(32(38)34-25-19-18-22(39-3)21-29(25)41-5)26(7-2)30-33-24-15-10-9-14-23(24)31(37)36(30)27-16-11-12-17-28(27)40-4/h9-12,14-19,21,26H,6-8,13,20H2,1-5H3,(H,34,38). The van der Waals surface area contributed by atoms with Gasteiger partial charge in [0.15, 0.2) is 0 Å². The number of para-hydroxylation sites is 3. The third kappa shape index (κ3) is 6.29. The fourth-order valence-corrected chi connectivity index (χ4v) is 4.98. The molecule has 9 nitrogen and oxygen atoms in total. The third-order valence-corrected chi connectivity index (χ3v) is 7.10. The van der Waals surface area contributed by atoms with Gasteiger partial charge in [-0.3, -0.25) is 9.36 Å². The fraction of sp³-hybridized carbons (Fsp3) is 0.344. The number of hydrogen-bond donors (Lipinski definition) is 1. The lowest BCUT2D eigenvalue weighted by Gasteiger charge is -2.33. The van der Waals surface area contributed by atoms with Crippen LogP contribution in [0.1, 0.15) is 51.4 Å². The molecule has 0 aliphatic heterocycles. The first-order valence-corrected chi connectivity index (χ1v) is 13.9. The fourth-order valence-electron chi connectivity index (χ4n) is 4.98. The van der Waals surface area contributed by atoms with Gasteiger partial charge in [-0.1, -0.05) is 51.0 Å². The molecule has 0 fully saturated rings.